The maximum atomic E-state index is 14.0. The minimum atomic E-state index is -5.29. The molecule has 3 aromatic carbocycles. The van der Waals surface area contributed by atoms with Crippen LogP contribution >= 0.6 is 15.6 Å². The highest BCUT2D eigenvalue weighted by atomic mass is 31.2. The molecule has 3 aliphatic heterocycles. The quantitative estimate of drug-likeness (QED) is 0.0187. The van der Waals surface area contributed by atoms with Gasteiger partial charge in [-0.15, -0.1) is 0 Å². The Morgan fingerprint density at radius 2 is 1.64 bits per heavy atom. The molecular weight excluding hydrogens is 1270 g/mol. The fourth-order valence-corrected chi connectivity index (χ4v) is 12.9. The van der Waals surface area contributed by atoms with Gasteiger partial charge in [0.05, 0.1) is 57.0 Å². The van der Waals surface area contributed by atoms with Gasteiger partial charge in [-0.25, -0.2) is 38.5 Å². The molecule has 0 radical (unpaired) electrons. The van der Waals surface area contributed by atoms with Crippen molar-refractivity contribution in [1.82, 2.24) is 39.7 Å². The van der Waals surface area contributed by atoms with Crippen molar-refractivity contribution in [1.29, 1.82) is 0 Å². The maximum absolute atomic E-state index is 14.0. The van der Waals surface area contributed by atoms with Crippen LogP contribution in [-0.4, -0.2) is 167 Å². The summed E-state index contributed by atoms with van der Waals surface area (Å²) in [6.45, 7) is -2.29. The molecule has 500 valence electrons. The molecule has 0 saturated carbocycles. The van der Waals surface area contributed by atoms with E-state index in [0.29, 0.717) is 58.4 Å². The number of urea groups is 1. The summed E-state index contributed by atoms with van der Waals surface area (Å²) >= 11 is 0. The van der Waals surface area contributed by atoms with E-state index in [-0.39, 0.29) is 76.6 Å². The number of nitrogens with one attached hydrogen (secondary N) is 3. The van der Waals surface area contributed by atoms with Crippen molar-refractivity contribution >= 4 is 73.0 Å². The first-order valence-electron chi connectivity index (χ1n) is 29.3. The van der Waals surface area contributed by atoms with Gasteiger partial charge in [0.1, 0.15) is 65.6 Å². The lowest BCUT2D eigenvalue weighted by atomic mass is 9.90. The number of aromatic carboxylic acids is 1. The van der Waals surface area contributed by atoms with Crippen molar-refractivity contribution in [3.8, 4) is 33.9 Å². The number of amides is 3. The van der Waals surface area contributed by atoms with Crippen molar-refractivity contribution in [3.05, 3.63) is 136 Å². The summed E-state index contributed by atoms with van der Waals surface area (Å²) in [6.07, 6.45) is -5.20. The third kappa shape index (κ3) is 16.0. The summed E-state index contributed by atoms with van der Waals surface area (Å²) in [4.78, 5) is 105. The lowest BCUT2D eigenvalue weighted by Crippen LogP contribution is -2.53. The van der Waals surface area contributed by atoms with Crippen molar-refractivity contribution in [3.63, 3.8) is 0 Å². The molecule has 6 heterocycles. The number of nitrogen functional groups attached to an aromatic ring is 1. The van der Waals surface area contributed by atoms with Crippen LogP contribution in [-0.2, 0) is 47.9 Å². The Bertz CT molecular complexity index is 4250. The lowest BCUT2D eigenvalue weighted by Gasteiger charge is -2.25. The average molecular weight is 1340 g/mol. The number of carbonyl (C=O) groups is 3. The van der Waals surface area contributed by atoms with Crippen molar-refractivity contribution in [2.24, 2.45) is 5.73 Å². The van der Waals surface area contributed by atoms with E-state index < -0.39 is 114 Å². The first-order chi connectivity index (χ1) is 44.9. The summed E-state index contributed by atoms with van der Waals surface area (Å²) < 4.78 is 75.0. The molecule has 3 amide bonds. The number of ether oxygens (including phenoxy) is 3. The number of phenolic OH excluding ortho intramolecular Hbond substituents is 1. The van der Waals surface area contributed by atoms with E-state index in [1.165, 1.54) is 85.1 Å². The third-order valence-corrected chi connectivity index (χ3v) is 17.6. The van der Waals surface area contributed by atoms with Crippen LogP contribution in [0, 0.1) is 0 Å². The number of aromatic hydroxyl groups is 1. The third-order valence-electron chi connectivity index (χ3n) is 15.5. The highest BCUT2D eigenvalue weighted by Gasteiger charge is 2.49. The number of aliphatic hydroxyl groups is 2. The second-order valence-electron chi connectivity index (χ2n) is 22.3. The zero-order valence-corrected chi connectivity index (χ0v) is 52.4. The van der Waals surface area contributed by atoms with Gasteiger partial charge in [-0.1, -0.05) is 31.0 Å². The number of phosphoric acid groups is 2. The van der Waals surface area contributed by atoms with E-state index in [0.717, 1.165) is 4.57 Å². The number of imidazole rings is 1. The fraction of sp³-hybridized carbons (Fsp3) is 0.373. The van der Waals surface area contributed by atoms with Crippen LogP contribution in [0.4, 0.5) is 22.1 Å². The smallest absolute Gasteiger partial charge is 0.472 e. The number of fused-ring (bicyclic) bond motifs is 3. The number of carbonyl (C=O) groups excluding carboxylic acids is 2. The van der Waals surface area contributed by atoms with E-state index in [2.05, 4.69) is 35.9 Å². The van der Waals surface area contributed by atoms with Gasteiger partial charge in [0, 0.05) is 67.6 Å². The van der Waals surface area contributed by atoms with Crippen LogP contribution in [0.2, 0.25) is 0 Å². The second kappa shape index (κ2) is 29.2. The summed E-state index contributed by atoms with van der Waals surface area (Å²) in [6, 6.07) is 17.7. The summed E-state index contributed by atoms with van der Waals surface area (Å²) in [7, 11) is -5.39. The number of nitrogens with zero attached hydrogens (tertiary/aromatic N) is 7. The van der Waals surface area contributed by atoms with Gasteiger partial charge < -0.3 is 81.2 Å². The van der Waals surface area contributed by atoms with Gasteiger partial charge in [0.2, 0.25) is 5.91 Å². The Hall–Kier alpha value is -8.79. The Morgan fingerprint density at radius 1 is 0.883 bits per heavy atom. The number of phosphoric ester groups is 2. The Kier molecular flexibility index (Phi) is 21.2. The van der Waals surface area contributed by atoms with E-state index in [4.69, 9.17) is 48.2 Å². The molecule has 10 rings (SSSR count). The molecular formula is C59H68N12O21P2. The number of unbranched alkanes of at least 4 members (excludes halogenated alkanes) is 2. The number of anilines is 3. The standard InChI is InChI=1S/C59H68N12O21P2/c1-69(2)53-51-54(64-29-63-53)71(30-65-51)56-52(75)50(68-55(76)41(60)21-31-8-13-35(85-3)14-9-31)46(90-56)28-87-94(83,84)92-44-25-48(70-20-18-47(61)67-59(70)80)89-45(44)27-86-93(81,82)91-36(26-72)7-5-4-6-19-62-58(79)66-32-10-15-37(40(22-32)57(77)78)49-38-16-11-33(73)23-42(38)88-43-24-34(74)12-17-39(43)49/h8-18,20,22-24,29-30,36,41,44-46,48,50,52,56,72-73,75H,4-7,19,21,25-28,60H2,1-3H3,(H,68,76)(H,77,78)(H,81,82)(H,83,84)(H2,61,67,80)(H2,62,66,79)/t36?,41?,44-,45+,46+,48+,50+,52+,56+/m0/s1. The molecule has 3 aromatic heterocycles. The lowest BCUT2D eigenvalue weighted by molar-refractivity contribution is -0.124. The summed E-state index contributed by atoms with van der Waals surface area (Å²) in [5.41, 5.74) is 13.4. The molecule has 2 fully saturated rings. The molecule has 0 bridgehead atoms. The molecule has 13 N–H and O–H groups in total. The number of aliphatic hydroxyl groups excluding tert-OH is 2. The number of phenols is 1. The van der Waals surface area contributed by atoms with Crippen LogP contribution in [0.5, 0.6) is 11.5 Å². The van der Waals surface area contributed by atoms with Crippen LogP contribution in [0.1, 0.15) is 60.5 Å². The highest BCUT2D eigenvalue weighted by Crippen LogP contribution is 2.51. The van der Waals surface area contributed by atoms with Gasteiger partial charge in [0.15, 0.2) is 28.6 Å². The molecule has 4 aliphatic rings. The molecule has 6 aromatic rings. The van der Waals surface area contributed by atoms with Crippen LogP contribution in [0.15, 0.2) is 118 Å². The second-order valence-corrected chi connectivity index (χ2v) is 25.1. The maximum Gasteiger partial charge on any atom is 0.472 e. The molecule has 0 spiro atoms. The van der Waals surface area contributed by atoms with Crippen molar-refractivity contribution in [2.45, 2.75) is 93.6 Å². The van der Waals surface area contributed by atoms with Gasteiger partial charge in [0.25, 0.3) is 0 Å². The number of rotatable bonds is 28. The number of hydrogen-bond acceptors (Lipinski definition) is 25. The Balaban J connectivity index is 0.742. The van der Waals surface area contributed by atoms with Gasteiger partial charge in [-0.05, 0) is 85.0 Å². The topological polar surface area (TPSA) is 471 Å². The predicted octanol–water partition coefficient (Wildman–Crippen LogP) is 4.00. The predicted molar refractivity (Wildman–Crippen MR) is 335 cm³/mol. The molecule has 4 unspecified atom stereocenters. The molecule has 94 heavy (non-hydrogen) atoms. The number of aromatic nitrogens is 6. The van der Waals surface area contributed by atoms with E-state index >= 15 is 0 Å². The SMILES string of the molecule is COc1ccc(CC(N)C(=O)N[C@H]2[C@@H](O)[C@H](n3cnc4c(N(C)C)ncnc43)O[C@@H]2COP(=O)(O)O[C@H]2C[C@H](n3ccc(N)nc3=O)O[C@@H]2COP(=O)(O)OC(CO)CCCCCNC(=O)Nc2ccc(-c3c4ccc(=O)cc-4oc4cc(O)ccc34)c(C(=O)O)c2)cc1. The zero-order chi connectivity index (χ0) is 67.2. The van der Waals surface area contributed by atoms with Gasteiger partial charge >= 0.3 is 33.3 Å². The molecule has 1 aliphatic carbocycles. The van der Waals surface area contributed by atoms with Crippen molar-refractivity contribution in [2.75, 3.05) is 63.5 Å². The van der Waals surface area contributed by atoms with E-state index in [1.54, 1.807) is 49.3 Å². The average Bonchev–Trinajstić information content (AvgIpc) is 0.889. The Morgan fingerprint density at radius 3 is 2.37 bits per heavy atom. The molecule has 35 heteroatoms. The number of carboxylic acids is 1. The largest absolute Gasteiger partial charge is 0.508 e. The molecule has 2 saturated heterocycles. The highest BCUT2D eigenvalue weighted by molar-refractivity contribution is 7.47. The number of benzene rings is 4. The molecule has 11 atom stereocenters. The summed E-state index contributed by atoms with van der Waals surface area (Å²) in [5.74, 6) is -1.09. The summed E-state index contributed by atoms with van der Waals surface area (Å²) in [5, 5.41) is 51.0. The van der Waals surface area contributed by atoms with Crippen LogP contribution in [0.25, 0.3) is 44.6 Å². The fourth-order valence-electron chi connectivity index (χ4n) is 11.0. The first kappa shape index (κ1) is 68.1. The number of carboxylic acid groups (broad SMARTS) is 1. The normalized spacial score (nSPS) is 20.7. The minimum absolute atomic E-state index is 0.0280. The van der Waals surface area contributed by atoms with E-state index in [9.17, 15) is 63.3 Å². The van der Waals surface area contributed by atoms with Gasteiger partial charge in [-0.3, -0.25) is 36.8 Å². The molecule has 33 nitrogen and oxygen atoms in total. The van der Waals surface area contributed by atoms with Crippen LogP contribution < -0.4 is 48.2 Å². The first-order valence-corrected chi connectivity index (χ1v) is 32.3. The minimum Gasteiger partial charge on any atom is -0.508 e. The number of methoxy groups -OCH3 is 1. The monoisotopic (exact) mass is 1340 g/mol. The number of hydrogen-bond donors (Lipinski definition) is 11. The zero-order valence-electron chi connectivity index (χ0n) is 50.6. The van der Waals surface area contributed by atoms with Crippen molar-refractivity contribution < 1.29 is 90.4 Å². The van der Waals surface area contributed by atoms with Crippen LogP contribution in [0.3, 0.4) is 0 Å². The van der Waals surface area contributed by atoms with E-state index in [1.807, 2.05) is 0 Å². The Labute approximate surface area is 533 Å². The van der Waals surface area contributed by atoms with Gasteiger partial charge in [-0.2, -0.15) is 4.98 Å². The number of nitrogens with two attached hydrogens (primary N) is 2.